The van der Waals surface area contributed by atoms with Crippen LogP contribution in [0.25, 0.3) is 0 Å². The maximum atomic E-state index is 8.41. The van der Waals surface area contributed by atoms with Gasteiger partial charge in [0.2, 0.25) is 0 Å². The summed E-state index contributed by atoms with van der Waals surface area (Å²) in [5, 5.41) is 33.6. The van der Waals surface area contributed by atoms with Crippen LogP contribution in [0.3, 0.4) is 0 Å². The van der Waals surface area contributed by atoms with Crippen molar-refractivity contribution in [3.05, 3.63) is 0 Å². The molecular formula is C12H24O4S4Zr. The molecule has 0 amide bonds. The first-order valence-electron chi connectivity index (χ1n) is 6.76. The molecule has 4 rings (SSSR count). The Bertz CT molecular complexity index is 189. The van der Waals surface area contributed by atoms with E-state index in [0.717, 1.165) is 48.7 Å². The summed E-state index contributed by atoms with van der Waals surface area (Å²) < 4.78 is 0. The fourth-order valence-electron chi connectivity index (χ4n) is 0.893. The predicted octanol–water partition coefficient (Wildman–Crippen LogP) is 1.76. The molecule has 0 aliphatic carbocycles. The van der Waals surface area contributed by atoms with Crippen molar-refractivity contribution in [3.63, 3.8) is 0 Å². The minimum absolute atomic E-state index is 0. The molecule has 0 saturated carbocycles. The van der Waals surface area contributed by atoms with Crippen molar-refractivity contribution in [3.8, 4) is 0 Å². The standard InChI is InChI=1S/4C3H6OS.Zr/c4*4-3-1-2-5-3;/h4*3-4H,1-2H2;. The summed E-state index contributed by atoms with van der Waals surface area (Å²) in [7, 11) is 0. The molecule has 4 N–H and O–H groups in total. The Labute approximate surface area is 163 Å². The van der Waals surface area contributed by atoms with Crippen LogP contribution in [0.2, 0.25) is 0 Å². The van der Waals surface area contributed by atoms with Gasteiger partial charge in [-0.3, -0.25) is 0 Å². The van der Waals surface area contributed by atoms with Gasteiger partial charge in [-0.1, -0.05) is 0 Å². The molecule has 4 saturated heterocycles. The van der Waals surface area contributed by atoms with E-state index < -0.39 is 0 Å². The van der Waals surface area contributed by atoms with Crippen molar-refractivity contribution in [2.45, 2.75) is 47.4 Å². The molecule has 4 heterocycles. The van der Waals surface area contributed by atoms with Crippen molar-refractivity contribution < 1.29 is 46.6 Å². The Balaban J connectivity index is 0.000000250. The van der Waals surface area contributed by atoms with Crippen LogP contribution in [0.4, 0.5) is 0 Å². The van der Waals surface area contributed by atoms with Crippen molar-refractivity contribution in [1.29, 1.82) is 0 Å². The minimum atomic E-state index is -0.0185. The summed E-state index contributed by atoms with van der Waals surface area (Å²) in [6.07, 6.45) is 4.02. The molecule has 0 aromatic heterocycles. The van der Waals surface area contributed by atoms with E-state index in [9.17, 15) is 0 Å². The van der Waals surface area contributed by atoms with Gasteiger partial charge in [-0.25, -0.2) is 0 Å². The van der Waals surface area contributed by atoms with E-state index in [4.69, 9.17) is 20.4 Å². The van der Waals surface area contributed by atoms with E-state index in [1.165, 1.54) is 0 Å². The average Bonchev–Trinajstić information content (AvgIpc) is 2.31. The number of hydrogen-bond acceptors (Lipinski definition) is 8. The Morgan fingerprint density at radius 1 is 0.476 bits per heavy atom. The maximum Gasteiger partial charge on any atom is 0.100 e. The average molecular weight is 452 g/mol. The number of aliphatic hydroxyl groups is 4. The second-order valence-electron chi connectivity index (χ2n) is 4.46. The zero-order valence-corrected chi connectivity index (χ0v) is 17.6. The van der Waals surface area contributed by atoms with Crippen molar-refractivity contribution >= 4 is 47.0 Å². The number of rotatable bonds is 0. The Hall–Kier alpha value is 2.12. The monoisotopic (exact) mass is 450 g/mol. The van der Waals surface area contributed by atoms with Crippen LogP contribution in [-0.2, 0) is 26.2 Å². The summed E-state index contributed by atoms with van der Waals surface area (Å²) in [6.45, 7) is 0. The summed E-state index contributed by atoms with van der Waals surface area (Å²) in [4.78, 5) is 0. The van der Waals surface area contributed by atoms with Crippen molar-refractivity contribution in [2.75, 3.05) is 23.0 Å². The molecule has 4 aliphatic heterocycles. The molecular weight excluding hydrogens is 428 g/mol. The number of aliphatic hydroxyl groups excluding tert-OH is 4. The topological polar surface area (TPSA) is 80.9 Å². The summed E-state index contributed by atoms with van der Waals surface area (Å²) in [5.74, 6) is 4.62. The van der Waals surface area contributed by atoms with E-state index in [1.807, 2.05) is 0 Å². The largest absolute Gasteiger partial charge is 0.382 e. The van der Waals surface area contributed by atoms with E-state index in [2.05, 4.69) is 0 Å². The van der Waals surface area contributed by atoms with Gasteiger partial charge in [0.25, 0.3) is 0 Å². The quantitative estimate of drug-likeness (QED) is 0.444. The van der Waals surface area contributed by atoms with Crippen LogP contribution in [-0.4, -0.2) is 65.2 Å². The molecule has 0 radical (unpaired) electrons. The Morgan fingerprint density at radius 2 is 0.571 bits per heavy atom. The van der Waals surface area contributed by atoms with Crippen LogP contribution in [0, 0.1) is 0 Å². The molecule has 0 spiro atoms. The third-order valence-corrected chi connectivity index (χ3v) is 7.07. The third-order valence-electron chi connectivity index (χ3n) is 2.70. The van der Waals surface area contributed by atoms with Gasteiger partial charge in [0.1, 0.15) is 21.7 Å². The molecule has 4 fully saturated rings. The molecule has 4 aliphatic rings. The van der Waals surface area contributed by atoms with Gasteiger partial charge >= 0.3 is 0 Å². The van der Waals surface area contributed by atoms with Gasteiger partial charge in [-0.2, -0.15) is 0 Å². The fourth-order valence-corrected chi connectivity index (χ4v) is 2.68. The molecule has 4 atom stereocenters. The van der Waals surface area contributed by atoms with E-state index >= 15 is 0 Å². The Morgan fingerprint density at radius 3 is 0.571 bits per heavy atom. The number of thioether (sulfide) groups is 4. The smallest absolute Gasteiger partial charge is 0.100 e. The number of hydrogen-bond donors (Lipinski definition) is 4. The molecule has 4 nitrogen and oxygen atoms in total. The molecule has 9 heteroatoms. The molecule has 0 aromatic carbocycles. The van der Waals surface area contributed by atoms with Crippen LogP contribution in [0.5, 0.6) is 0 Å². The molecule has 0 bridgehead atoms. The summed E-state index contributed by atoms with van der Waals surface area (Å²) in [5.41, 5.74) is -0.0741. The van der Waals surface area contributed by atoms with Crippen LogP contribution < -0.4 is 0 Å². The van der Waals surface area contributed by atoms with Gasteiger partial charge in [0.15, 0.2) is 0 Å². The SMILES string of the molecule is OC1CCS1.OC1CCS1.OC1CCS1.OC1CCS1.[Zr]. The van der Waals surface area contributed by atoms with Crippen molar-refractivity contribution in [1.82, 2.24) is 0 Å². The van der Waals surface area contributed by atoms with Gasteiger partial charge in [-0.05, 0) is 48.7 Å². The van der Waals surface area contributed by atoms with Gasteiger partial charge in [-0.15, -0.1) is 47.0 Å². The van der Waals surface area contributed by atoms with Gasteiger partial charge in [0, 0.05) is 26.2 Å². The van der Waals surface area contributed by atoms with Gasteiger partial charge < -0.3 is 20.4 Å². The molecule has 4 unspecified atom stereocenters. The first-order chi connectivity index (χ1) is 9.58. The van der Waals surface area contributed by atoms with E-state index in [-0.39, 0.29) is 47.9 Å². The predicted molar refractivity (Wildman–Crippen MR) is 92.3 cm³/mol. The summed E-state index contributed by atoms with van der Waals surface area (Å²) in [6, 6.07) is 0. The normalized spacial score (nSPS) is 34.9. The summed E-state index contributed by atoms with van der Waals surface area (Å²) >= 11 is 6.46. The van der Waals surface area contributed by atoms with Crippen molar-refractivity contribution in [2.24, 2.45) is 0 Å². The van der Waals surface area contributed by atoms with E-state index in [1.54, 1.807) is 47.0 Å². The molecule has 0 aromatic rings. The Kier molecular flexibility index (Phi) is 15.9. The third kappa shape index (κ3) is 13.1. The molecule has 21 heavy (non-hydrogen) atoms. The molecule has 124 valence electrons. The second kappa shape index (κ2) is 14.5. The zero-order chi connectivity index (χ0) is 14.8. The maximum absolute atomic E-state index is 8.41. The van der Waals surface area contributed by atoms with Crippen LogP contribution in [0.15, 0.2) is 0 Å². The van der Waals surface area contributed by atoms with Gasteiger partial charge in [0.05, 0.1) is 0 Å². The fraction of sp³-hybridized carbons (Fsp3) is 1.00. The zero-order valence-electron chi connectivity index (χ0n) is 11.9. The van der Waals surface area contributed by atoms with E-state index in [0.29, 0.717) is 0 Å². The first kappa shape index (κ1) is 23.1. The first-order valence-corrected chi connectivity index (χ1v) is 11.0. The van der Waals surface area contributed by atoms with Crippen LogP contribution in [0.1, 0.15) is 25.7 Å². The second-order valence-corrected chi connectivity index (χ2v) is 9.60. The minimum Gasteiger partial charge on any atom is -0.382 e. The van der Waals surface area contributed by atoms with Crippen LogP contribution >= 0.6 is 47.0 Å².